The molecule has 1 heterocycles. The molecule has 0 saturated carbocycles. The van der Waals surface area contributed by atoms with Crippen LogP contribution in [-0.4, -0.2) is 14.8 Å². The van der Waals surface area contributed by atoms with E-state index in [1.165, 1.54) is 11.0 Å². The first kappa shape index (κ1) is 8.92. The topological polar surface area (TPSA) is 78.3 Å². The molecule has 2 rings (SSSR count). The van der Waals surface area contributed by atoms with Gasteiger partial charge in [-0.1, -0.05) is 6.07 Å². The van der Waals surface area contributed by atoms with Crippen molar-refractivity contribution in [1.29, 1.82) is 10.5 Å². The summed E-state index contributed by atoms with van der Waals surface area (Å²) in [5, 5.41) is 21.2. The van der Waals surface area contributed by atoms with E-state index < -0.39 is 0 Å². The van der Waals surface area contributed by atoms with Crippen molar-refractivity contribution in [1.82, 2.24) is 14.8 Å². The lowest BCUT2D eigenvalue weighted by Gasteiger charge is -1.98. The zero-order chi connectivity index (χ0) is 10.7. The van der Waals surface area contributed by atoms with Gasteiger partial charge in [0.1, 0.15) is 12.4 Å². The Morgan fingerprint density at radius 1 is 1.20 bits per heavy atom. The summed E-state index contributed by atoms with van der Waals surface area (Å²) in [6.07, 6.45) is 1.44. The van der Waals surface area contributed by atoms with E-state index in [1.54, 1.807) is 24.3 Å². The summed E-state index contributed by atoms with van der Waals surface area (Å²) < 4.78 is 1.46. The van der Waals surface area contributed by atoms with Crippen LogP contribution < -0.4 is 0 Å². The van der Waals surface area contributed by atoms with Crippen LogP contribution in [0, 0.1) is 22.7 Å². The first-order valence-corrected chi connectivity index (χ1v) is 4.16. The maximum absolute atomic E-state index is 8.71. The van der Waals surface area contributed by atoms with Gasteiger partial charge in [-0.3, -0.25) is 0 Å². The summed E-state index contributed by atoms with van der Waals surface area (Å²) in [4.78, 5) is 3.77. The molecular formula is C10H5N5. The molecule has 70 valence electrons. The van der Waals surface area contributed by atoms with Gasteiger partial charge in [-0.2, -0.15) is 10.5 Å². The molecule has 0 aliphatic carbocycles. The van der Waals surface area contributed by atoms with Crippen LogP contribution in [0.1, 0.15) is 11.4 Å². The summed E-state index contributed by atoms with van der Waals surface area (Å²) in [6, 6.07) is 10.8. The highest BCUT2D eigenvalue weighted by molar-refractivity contribution is 5.40. The van der Waals surface area contributed by atoms with Crippen LogP contribution in [0.25, 0.3) is 5.69 Å². The third-order valence-electron chi connectivity index (χ3n) is 1.83. The third kappa shape index (κ3) is 1.67. The van der Waals surface area contributed by atoms with Gasteiger partial charge in [0, 0.05) is 0 Å². The third-order valence-corrected chi connectivity index (χ3v) is 1.83. The van der Waals surface area contributed by atoms with Gasteiger partial charge >= 0.3 is 0 Å². The summed E-state index contributed by atoms with van der Waals surface area (Å²) in [6.45, 7) is 0. The molecule has 5 nitrogen and oxygen atoms in total. The lowest BCUT2D eigenvalue weighted by Crippen LogP contribution is -1.95. The average Bonchev–Trinajstić information content (AvgIpc) is 2.78. The van der Waals surface area contributed by atoms with Gasteiger partial charge in [0.15, 0.2) is 0 Å². The minimum Gasteiger partial charge on any atom is -0.220 e. The minimum absolute atomic E-state index is 0.109. The SMILES string of the molecule is N#Cc1cccc(-n2cnc(C#N)n2)c1. The molecule has 1 aromatic heterocycles. The Kier molecular flexibility index (Phi) is 2.14. The number of nitrogens with zero attached hydrogens (tertiary/aromatic N) is 5. The number of rotatable bonds is 1. The molecule has 0 fully saturated rings. The first-order chi connectivity index (χ1) is 7.33. The predicted molar refractivity (Wildman–Crippen MR) is 50.8 cm³/mol. The van der Waals surface area contributed by atoms with E-state index in [1.807, 2.05) is 12.1 Å². The second kappa shape index (κ2) is 3.60. The molecule has 2 aromatic rings. The van der Waals surface area contributed by atoms with E-state index in [-0.39, 0.29) is 5.82 Å². The molecule has 0 aliphatic rings. The van der Waals surface area contributed by atoms with Crippen molar-refractivity contribution in [2.24, 2.45) is 0 Å². The number of hydrogen-bond donors (Lipinski definition) is 0. The Morgan fingerprint density at radius 3 is 2.73 bits per heavy atom. The van der Waals surface area contributed by atoms with Crippen molar-refractivity contribution in [2.75, 3.05) is 0 Å². The Morgan fingerprint density at radius 2 is 2.07 bits per heavy atom. The van der Waals surface area contributed by atoms with Gasteiger partial charge in [-0.05, 0) is 18.2 Å². The van der Waals surface area contributed by atoms with E-state index in [2.05, 4.69) is 10.1 Å². The van der Waals surface area contributed by atoms with Gasteiger partial charge in [0.05, 0.1) is 17.3 Å². The predicted octanol–water partition coefficient (Wildman–Crippen LogP) is 1.01. The fraction of sp³-hybridized carbons (Fsp3) is 0. The summed E-state index contributed by atoms with van der Waals surface area (Å²) >= 11 is 0. The van der Waals surface area contributed by atoms with Crippen molar-refractivity contribution < 1.29 is 0 Å². The minimum atomic E-state index is 0.109. The van der Waals surface area contributed by atoms with Crippen molar-refractivity contribution >= 4 is 0 Å². The molecule has 0 bridgehead atoms. The van der Waals surface area contributed by atoms with Crippen molar-refractivity contribution in [3.8, 4) is 17.8 Å². The fourth-order valence-corrected chi connectivity index (χ4v) is 1.16. The van der Waals surface area contributed by atoms with Crippen molar-refractivity contribution in [2.45, 2.75) is 0 Å². The van der Waals surface area contributed by atoms with Crippen molar-refractivity contribution in [3.05, 3.63) is 42.0 Å². The zero-order valence-electron chi connectivity index (χ0n) is 7.62. The second-order valence-electron chi connectivity index (χ2n) is 2.79. The first-order valence-electron chi connectivity index (χ1n) is 4.16. The van der Waals surface area contributed by atoms with E-state index in [0.717, 1.165) is 0 Å². The number of hydrogen-bond acceptors (Lipinski definition) is 4. The normalized spacial score (nSPS) is 9.20. The Hall–Kier alpha value is -2.66. The van der Waals surface area contributed by atoms with Crippen LogP contribution in [0.4, 0.5) is 0 Å². The van der Waals surface area contributed by atoms with Crippen LogP contribution in [0.15, 0.2) is 30.6 Å². The summed E-state index contributed by atoms with van der Waals surface area (Å²) in [5.74, 6) is 0.109. The number of benzene rings is 1. The molecule has 0 radical (unpaired) electrons. The van der Waals surface area contributed by atoms with E-state index in [4.69, 9.17) is 10.5 Å². The van der Waals surface area contributed by atoms with Gasteiger partial charge in [0.2, 0.25) is 0 Å². The van der Waals surface area contributed by atoms with Crippen LogP contribution in [-0.2, 0) is 0 Å². The van der Waals surface area contributed by atoms with Gasteiger partial charge in [-0.15, -0.1) is 5.10 Å². The highest BCUT2D eigenvalue weighted by atomic mass is 15.3. The molecule has 0 saturated heterocycles. The van der Waals surface area contributed by atoms with Crippen LogP contribution in [0.2, 0.25) is 0 Å². The smallest absolute Gasteiger partial charge is 0.220 e. The summed E-state index contributed by atoms with van der Waals surface area (Å²) in [5.41, 5.74) is 1.25. The maximum atomic E-state index is 8.71. The molecule has 0 spiro atoms. The quantitative estimate of drug-likeness (QED) is 0.680. The lowest BCUT2D eigenvalue weighted by atomic mass is 10.2. The highest BCUT2D eigenvalue weighted by Gasteiger charge is 2.01. The molecule has 5 heteroatoms. The molecule has 0 atom stereocenters. The van der Waals surface area contributed by atoms with Crippen LogP contribution >= 0.6 is 0 Å². The standard InChI is InChI=1S/C10H5N5/c11-5-8-2-1-3-9(4-8)15-7-13-10(6-12)14-15/h1-4,7H. The monoisotopic (exact) mass is 195 g/mol. The Labute approximate surface area is 85.8 Å². The van der Waals surface area contributed by atoms with Crippen LogP contribution in [0.5, 0.6) is 0 Å². The Bertz CT molecular complexity index is 570. The summed E-state index contributed by atoms with van der Waals surface area (Å²) in [7, 11) is 0. The number of aromatic nitrogens is 3. The largest absolute Gasteiger partial charge is 0.252 e. The average molecular weight is 195 g/mol. The molecule has 0 unspecified atom stereocenters. The van der Waals surface area contributed by atoms with Crippen molar-refractivity contribution in [3.63, 3.8) is 0 Å². The van der Waals surface area contributed by atoms with Gasteiger partial charge < -0.3 is 0 Å². The molecule has 0 aliphatic heterocycles. The zero-order valence-corrected chi connectivity index (χ0v) is 7.62. The molecule has 15 heavy (non-hydrogen) atoms. The number of nitriles is 2. The van der Waals surface area contributed by atoms with Gasteiger partial charge in [0.25, 0.3) is 5.82 Å². The van der Waals surface area contributed by atoms with E-state index in [0.29, 0.717) is 11.3 Å². The molecular weight excluding hydrogens is 190 g/mol. The van der Waals surface area contributed by atoms with E-state index >= 15 is 0 Å². The van der Waals surface area contributed by atoms with Gasteiger partial charge in [-0.25, -0.2) is 9.67 Å². The van der Waals surface area contributed by atoms with Crippen LogP contribution in [0.3, 0.4) is 0 Å². The van der Waals surface area contributed by atoms with E-state index in [9.17, 15) is 0 Å². The molecule has 0 amide bonds. The Balaban J connectivity index is 2.46. The second-order valence-corrected chi connectivity index (χ2v) is 2.79. The highest BCUT2D eigenvalue weighted by Crippen LogP contribution is 2.08. The lowest BCUT2D eigenvalue weighted by molar-refractivity contribution is 0.872. The molecule has 1 aromatic carbocycles. The molecule has 0 N–H and O–H groups in total. The fourth-order valence-electron chi connectivity index (χ4n) is 1.16. The maximum Gasteiger partial charge on any atom is 0.252 e.